The number of methoxy groups -OCH3 is 1. The molecule has 0 fully saturated rings. The highest BCUT2D eigenvalue weighted by molar-refractivity contribution is 7.90. The molecule has 6 nitrogen and oxygen atoms in total. The van der Waals surface area contributed by atoms with E-state index < -0.39 is 22.2 Å². The van der Waals surface area contributed by atoms with Crippen LogP contribution in [0.3, 0.4) is 0 Å². The van der Waals surface area contributed by atoms with E-state index in [1.54, 1.807) is 14.0 Å². The number of rotatable bonds is 9. The Morgan fingerprint density at radius 1 is 1.14 bits per heavy atom. The molecule has 7 heteroatoms. The van der Waals surface area contributed by atoms with Crippen LogP contribution < -0.4 is 14.2 Å². The Kier molecular flexibility index (Phi) is 8.37. The smallest absolute Gasteiger partial charge is 0.307 e. The van der Waals surface area contributed by atoms with Gasteiger partial charge in [0.1, 0.15) is 10.5 Å². The van der Waals surface area contributed by atoms with E-state index in [9.17, 15) is 9.35 Å². The summed E-state index contributed by atoms with van der Waals surface area (Å²) in [4.78, 5) is 12.1. The molecule has 2 aromatic rings. The lowest BCUT2D eigenvalue weighted by molar-refractivity contribution is -0.143. The summed E-state index contributed by atoms with van der Waals surface area (Å²) in [6.07, 6.45) is 0.0633. The van der Waals surface area contributed by atoms with Gasteiger partial charge in [-0.3, -0.25) is 4.79 Å². The molecule has 2 rings (SSSR count). The van der Waals surface area contributed by atoms with Crippen molar-refractivity contribution in [2.24, 2.45) is 0 Å². The highest BCUT2D eigenvalue weighted by atomic mass is 32.2. The first-order chi connectivity index (χ1) is 13.7. The van der Waals surface area contributed by atoms with Crippen LogP contribution in [0.2, 0.25) is 0 Å². The maximum atomic E-state index is 12.6. The standard InChI is InChI=1S/C22H29NO5S/c1-6-27-21(24)15-18(23-29(25)22(2,3)4)16-10-9-11-17(14-16)28-20-13-8-7-12-19(20)26-5/h7-14,18,23H,6,15H2,1-5H3/t18-,29?/m0/s1. The molecule has 0 aliphatic rings. The van der Waals surface area contributed by atoms with Crippen molar-refractivity contribution in [1.82, 2.24) is 4.72 Å². The summed E-state index contributed by atoms with van der Waals surface area (Å²) in [6, 6.07) is 14.2. The van der Waals surface area contributed by atoms with E-state index in [-0.39, 0.29) is 12.4 Å². The van der Waals surface area contributed by atoms with Crippen LogP contribution >= 0.6 is 0 Å². The molecular weight excluding hydrogens is 390 g/mol. The molecule has 1 N–H and O–H groups in total. The molecule has 1 unspecified atom stereocenters. The van der Waals surface area contributed by atoms with E-state index in [1.807, 2.05) is 69.3 Å². The Hall–Kier alpha value is -2.22. The number of nitrogens with one attached hydrogen (secondary N) is 1. The van der Waals surface area contributed by atoms with Gasteiger partial charge in [-0.15, -0.1) is 4.72 Å². The predicted octanol–water partition coefficient (Wildman–Crippen LogP) is 4.53. The monoisotopic (exact) mass is 419 g/mol. The first kappa shape index (κ1) is 23.1. The summed E-state index contributed by atoms with van der Waals surface area (Å²) >= 11 is -1.36. The quantitative estimate of drug-likeness (QED) is 0.475. The Morgan fingerprint density at radius 3 is 2.45 bits per heavy atom. The summed E-state index contributed by atoms with van der Waals surface area (Å²) in [5.74, 6) is 1.43. The Labute approximate surface area is 175 Å². The van der Waals surface area contributed by atoms with Gasteiger partial charge in [-0.1, -0.05) is 24.3 Å². The van der Waals surface area contributed by atoms with E-state index in [1.165, 1.54) is 0 Å². The van der Waals surface area contributed by atoms with Crippen molar-refractivity contribution >= 4 is 17.3 Å². The summed E-state index contributed by atoms with van der Waals surface area (Å²) in [5, 5.41) is 0. The van der Waals surface area contributed by atoms with Crippen LogP contribution in [-0.4, -0.2) is 29.0 Å². The lowest BCUT2D eigenvalue weighted by Gasteiger charge is -2.28. The molecule has 0 saturated heterocycles. The summed E-state index contributed by atoms with van der Waals surface area (Å²) < 4.78 is 31.6. The highest BCUT2D eigenvalue weighted by Gasteiger charge is 2.31. The third-order valence-electron chi connectivity index (χ3n) is 4.04. The molecule has 2 aromatic carbocycles. The van der Waals surface area contributed by atoms with E-state index in [0.717, 1.165) is 5.56 Å². The molecule has 0 radical (unpaired) electrons. The van der Waals surface area contributed by atoms with Gasteiger partial charge in [0.15, 0.2) is 11.5 Å². The molecule has 0 aliphatic carbocycles. The largest absolute Gasteiger partial charge is 0.598 e. The minimum atomic E-state index is -1.36. The van der Waals surface area contributed by atoms with Gasteiger partial charge in [0.2, 0.25) is 0 Å². The van der Waals surface area contributed by atoms with Crippen molar-refractivity contribution in [2.75, 3.05) is 13.7 Å². The van der Waals surface area contributed by atoms with Crippen LogP contribution in [0.1, 0.15) is 45.7 Å². The zero-order chi connectivity index (χ0) is 21.4. The van der Waals surface area contributed by atoms with Crippen molar-refractivity contribution in [3.63, 3.8) is 0 Å². The van der Waals surface area contributed by atoms with Crippen molar-refractivity contribution in [2.45, 2.75) is 44.9 Å². The number of hydrogen-bond acceptors (Lipinski definition) is 6. The van der Waals surface area contributed by atoms with Gasteiger partial charge in [-0.25, -0.2) is 0 Å². The minimum Gasteiger partial charge on any atom is -0.598 e. The van der Waals surface area contributed by atoms with Gasteiger partial charge >= 0.3 is 5.97 Å². The molecule has 0 aromatic heterocycles. The molecular formula is C22H29NO5S. The summed E-state index contributed by atoms with van der Waals surface area (Å²) in [5.41, 5.74) is 0.781. The number of carbonyl (C=O) groups is 1. The second kappa shape index (κ2) is 10.5. The second-order valence-corrected chi connectivity index (χ2v) is 9.38. The maximum Gasteiger partial charge on any atom is 0.307 e. The van der Waals surface area contributed by atoms with Crippen molar-refractivity contribution in [1.29, 1.82) is 0 Å². The van der Waals surface area contributed by atoms with Crippen LogP contribution in [0.4, 0.5) is 0 Å². The third-order valence-corrected chi connectivity index (χ3v) is 5.65. The van der Waals surface area contributed by atoms with Crippen LogP contribution in [0.25, 0.3) is 0 Å². The molecule has 2 atom stereocenters. The SMILES string of the molecule is CCOC(=O)C[C@H](N[S+]([O-])C(C)(C)C)c1cccc(Oc2ccccc2OC)c1. The average molecular weight is 420 g/mol. The minimum absolute atomic E-state index is 0.0633. The molecule has 0 amide bonds. The van der Waals surface area contributed by atoms with Crippen molar-refractivity contribution in [3.05, 3.63) is 54.1 Å². The van der Waals surface area contributed by atoms with Gasteiger partial charge in [0, 0.05) is 11.4 Å². The van der Waals surface area contributed by atoms with Crippen LogP contribution in [0.15, 0.2) is 48.5 Å². The van der Waals surface area contributed by atoms with Crippen LogP contribution in [0, 0.1) is 0 Å². The van der Waals surface area contributed by atoms with E-state index in [4.69, 9.17) is 14.2 Å². The zero-order valence-electron chi connectivity index (χ0n) is 17.6. The van der Waals surface area contributed by atoms with Gasteiger partial charge in [0.05, 0.1) is 26.2 Å². The lowest BCUT2D eigenvalue weighted by atomic mass is 10.0. The fourth-order valence-electron chi connectivity index (χ4n) is 2.54. The number of para-hydroxylation sites is 2. The van der Waals surface area contributed by atoms with E-state index >= 15 is 0 Å². The number of hydrogen-bond donors (Lipinski definition) is 1. The normalized spacial score (nSPS) is 13.4. The number of benzene rings is 2. The predicted molar refractivity (Wildman–Crippen MR) is 115 cm³/mol. The molecule has 29 heavy (non-hydrogen) atoms. The Morgan fingerprint density at radius 2 is 1.83 bits per heavy atom. The second-order valence-electron chi connectivity index (χ2n) is 7.39. The Bertz CT molecular complexity index is 806. The molecule has 0 saturated carbocycles. The van der Waals surface area contributed by atoms with Gasteiger partial charge in [0.25, 0.3) is 0 Å². The van der Waals surface area contributed by atoms with E-state index in [0.29, 0.717) is 23.9 Å². The first-order valence-electron chi connectivity index (χ1n) is 9.49. The van der Waals surface area contributed by atoms with Crippen molar-refractivity contribution < 1.29 is 23.6 Å². The number of esters is 1. The Balaban J connectivity index is 2.27. The molecule has 0 heterocycles. The highest BCUT2D eigenvalue weighted by Crippen LogP contribution is 2.32. The van der Waals surface area contributed by atoms with Gasteiger partial charge in [-0.2, -0.15) is 0 Å². The lowest BCUT2D eigenvalue weighted by Crippen LogP contribution is -2.42. The topological polar surface area (TPSA) is 79.9 Å². The molecule has 0 aliphatic heterocycles. The van der Waals surface area contributed by atoms with Crippen molar-refractivity contribution in [3.8, 4) is 17.2 Å². The van der Waals surface area contributed by atoms with Crippen LogP contribution in [-0.2, 0) is 20.9 Å². The fourth-order valence-corrected chi connectivity index (χ4v) is 3.38. The first-order valence-corrected chi connectivity index (χ1v) is 10.6. The van der Waals surface area contributed by atoms with E-state index in [2.05, 4.69) is 4.72 Å². The maximum absolute atomic E-state index is 12.6. The van der Waals surface area contributed by atoms with Crippen LogP contribution in [0.5, 0.6) is 17.2 Å². The molecule has 158 valence electrons. The zero-order valence-corrected chi connectivity index (χ0v) is 18.4. The molecule has 0 bridgehead atoms. The summed E-state index contributed by atoms with van der Waals surface area (Å²) in [6.45, 7) is 7.68. The number of carbonyl (C=O) groups excluding carboxylic acids is 1. The molecule has 0 spiro atoms. The van der Waals surface area contributed by atoms with Gasteiger partial charge in [-0.05, 0) is 57.5 Å². The number of ether oxygens (including phenoxy) is 3. The summed E-state index contributed by atoms with van der Waals surface area (Å²) in [7, 11) is 1.58. The van der Waals surface area contributed by atoms with Gasteiger partial charge < -0.3 is 18.8 Å². The average Bonchev–Trinajstić information content (AvgIpc) is 2.67. The fraction of sp³-hybridized carbons (Fsp3) is 0.409. The third kappa shape index (κ3) is 6.96.